The maximum Gasteiger partial charge on any atom is 0.328 e. The molecule has 0 unspecified atom stereocenters. The molecule has 0 radical (unpaired) electrons. The van der Waals surface area contributed by atoms with Gasteiger partial charge in [0.2, 0.25) is 0 Å². The Kier molecular flexibility index (Phi) is 4.61. The van der Waals surface area contributed by atoms with Crippen molar-refractivity contribution in [2.45, 2.75) is 32.6 Å². The Labute approximate surface area is 114 Å². The zero-order chi connectivity index (χ0) is 13.7. The molecule has 1 aromatic carbocycles. The van der Waals surface area contributed by atoms with Crippen LogP contribution < -0.4 is 4.90 Å². The molecule has 0 spiro atoms. The van der Waals surface area contributed by atoms with Gasteiger partial charge in [-0.1, -0.05) is 19.4 Å². The van der Waals surface area contributed by atoms with Crippen molar-refractivity contribution in [3.63, 3.8) is 0 Å². The van der Waals surface area contributed by atoms with Gasteiger partial charge in [0.15, 0.2) is 0 Å². The van der Waals surface area contributed by atoms with Gasteiger partial charge >= 0.3 is 5.97 Å². The zero-order valence-electron chi connectivity index (χ0n) is 11.4. The summed E-state index contributed by atoms with van der Waals surface area (Å²) in [6.07, 6.45) is 7.56. The normalized spacial score (nSPS) is 14.7. The maximum atomic E-state index is 10.5. The largest absolute Gasteiger partial charge is 0.478 e. The van der Waals surface area contributed by atoms with Gasteiger partial charge in [-0.2, -0.15) is 0 Å². The summed E-state index contributed by atoms with van der Waals surface area (Å²) in [7, 11) is 0. The molecule has 1 N–H and O–H groups in total. The molecule has 1 aromatic rings. The minimum atomic E-state index is -0.901. The molecule has 102 valence electrons. The number of anilines is 1. The molecule has 0 saturated heterocycles. The van der Waals surface area contributed by atoms with Crippen LogP contribution in [0.3, 0.4) is 0 Å². The smallest absolute Gasteiger partial charge is 0.328 e. The maximum absolute atomic E-state index is 10.5. The highest BCUT2D eigenvalue weighted by molar-refractivity contribution is 5.85. The SMILES string of the molecule is CCCCN1CCCc2cc(C=CC(=O)O)ccc21. The number of aliphatic carboxylic acids is 1. The monoisotopic (exact) mass is 259 g/mol. The fraction of sp³-hybridized carbons (Fsp3) is 0.438. The standard InChI is InChI=1S/C16H21NO2/c1-2-3-10-17-11-4-5-14-12-13(6-8-15(14)17)7-9-16(18)19/h6-9,12H,2-5,10-11H2,1H3,(H,18,19). The van der Waals surface area contributed by atoms with Crippen molar-refractivity contribution in [1.82, 2.24) is 0 Å². The van der Waals surface area contributed by atoms with Crippen LogP contribution in [0.2, 0.25) is 0 Å². The van der Waals surface area contributed by atoms with E-state index in [2.05, 4.69) is 24.0 Å². The summed E-state index contributed by atoms with van der Waals surface area (Å²) in [5, 5.41) is 8.66. The molecule has 0 amide bonds. The first kappa shape index (κ1) is 13.7. The Balaban J connectivity index is 2.18. The van der Waals surface area contributed by atoms with E-state index in [4.69, 9.17) is 5.11 Å². The molecule has 19 heavy (non-hydrogen) atoms. The second-order valence-electron chi connectivity index (χ2n) is 5.00. The van der Waals surface area contributed by atoms with Crippen molar-refractivity contribution in [2.75, 3.05) is 18.0 Å². The van der Waals surface area contributed by atoms with Crippen molar-refractivity contribution in [3.8, 4) is 0 Å². The average Bonchev–Trinajstić information content (AvgIpc) is 2.42. The van der Waals surface area contributed by atoms with Crippen LogP contribution in [0.4, 0.5) is 5.69 Å². The number of carbonyl (C=O) groups is 1. The number of fused-ring (bicyclic) bond motifs is 1. The summed E-state index contributed by atoms with van der Waals surface area (Å²) in [5.41, 5.74) is 3.64. The van der Waals surface area contributed by atoms with Crippen molar-refractivity contribution < 1.29 is 9.90 Å². The Morgan fingerprint density at radius 2 is 2.32 bits per heavy atom. The Bertz CT molecular complexity index is 480. The number of carboxylic acids is 1. The molecule has 0 atom stereocenters. The van der Waals surface area contributed by atoms with Crippen LogP contribution in [-0.2, 0) is 11.2 Å². The summed E-state index contributed by atoms with van der Waals surface area (Å²) < 4.78 is 0. The van der Waals surface area contributed by atoms with Gasteiger partial charge in [-0.15, -0.1) is 0 Å². The van der Waals surface area contributed by atoms with Crippen LogP contribution >= 0.6 is 0 Å². The van der Waals surface area contributed by atoms with Gasteiger partial charge in [0.1, 0.15) is 0 Å². The third-order valence-corrected chi connectivity index (χ3v) is 3.52. The summed E-state index contributed by atoms with van der Waals surface area (Å²) in [4.78, 5) is 13.0. The van der Waals surface area contributed by atoms with Gasteiger partial charge in [0.05, 0.1) is 0 Å². The molecule has 1 heterocycles. The van der Waals surface area contributed by atoms with Crippen molar-refractivity contribution in [1.29, 1.82) is 0 Å². The van der Waals surface area contributed by atoms with Crippen molar-refractivity contribution in [3.05, 3.63) is 35.4 Å². The molecule has 2 rings (SSSR count). The molecular weight excluding hydrogens is 238 g/mol. The number of carboxylic acid groups (broad SMARTS) is 1. The molecule has 0 aromatic heterocycles. The minimum Gasteiger partial charge on any atom is -0.478 e. The van der Waals surface area contributed by atoms with E-state index in [0.29, 0.717) is 0 Å². The third kappa shape index (κ3) is 3.60. The highest BCUT2D eigenvalue weighted by Crippen LogP contribution is 2.28. The van der Waals surface area contributed by atoms with Crippen LogP contribution in [0, 0.1) is 0 Å². The van der Waals surface area contributed by atoms with E-state index in [-0.39, 0.29) is 0 Å². The minimum absolute atomic E-state index is 0.901. The predicted molar refractivity (Wildman–Crippen MR) is 78.6 cm³/mol. The molecule has 0 bridgehead atoms. The van der Waals surface area contributed by atoms with E-state index >= 15 is 0 Å². The van der Waals surface area contributed by atoms with Crippen molar-refractivity contribution >= 4 is 17.7 Å². The lowest BCUT2D eigenvalue weighted by atomic mass is 9.98. The van der Waals surface area contributed by atoms with Gasteiger partial charge in [-0.05, 0) is 48.6 Å². The fourth-order valence-corrected chi connectivity index (χ4v) is 2.55. The number of unbranched alkanes of at least 4 members (excludes halogenated alkanes) is 1. The molecule has 1 aliphatic rings. The van der Waals surface area contributed by atoms with Crippen LogP contribution in [0.1, 0.15) is 37.3 Å². The molecule has 0 fully saturated rings. The van der Waals surface area contributed by atoms with E-state index < -0.39 is 5.97 Å². The number of benzene rings is 1. The molecule has 1 aliphatic heterocycles. The third-order valence-electron chi connectivity index (χ3n) is 3.52. The quantitative estimate of drug-likeness (QED) is 0.824. The van der Waals surface area contributed by atoms with Crippen LogP contribution in [0.25, 0.3) is 6.08 Å². The molecule has 0 saturated carbocycles. The van der Waals surface area contributed by atoms with E-state index in [1.807, 2.05) is 6.07 Å². The zero-order valence-corrected chi connectivity index (χ0v) is 11.4. The first-order valence-corrected chi connectivity index (χ1v) is 6.99. The number of rotatable bonds is 5. The Morgan fingerprint density at radius 3 is 3.05 bits per heavy atom. The first-order chi connectivity index (χ1) is 9.20. The van der Waals surface area contributed by atoms with Gasteiger partial charge < -0.3 is 10.0 Å². The summed E-state index contributed by atoms with van der Waals surface area (Å²) in [5.74, 6) is -0.901. The number of aryl methyl sites for hydroxylation is 1. The fourth-order valence-electron chi connectivity index (χ4n) is 2.55. The van der Waals surface area contributed by atoms with Crippen LogP contribution in [-0.4, -0.2) is 24.2 Å². The second kappa shape index (κ2) is 6.41. The highest BCUT2D eigenvalue weighted by Gasteiger charge is 2.16. The Morgan fingerprint density at radius 1 is 1.47 bits per heavy atom. The molecule has 3 heteroatoms. The second-order valence-corrected chi connectivity index (χ2v) is 5.00. The molecule has 3 nitrogen and oxygen atoms in total. The Hall–Kier alpha value is -1.77. The van der Waals surface area contributed by atoms with E-state index in [1.54, 1.807) is 6.08 Å². The molecule has 0 aliphatic carbocycles. The van der Waals surface area contributed by atoms with Crippen molar-refractivity contribution in [2.24, 2.45) is 0 Å². The first-order valence-electron chi connectivity index (χ1n) is 6.99. The van der Waals surface area contributed by atoms with Crippen LogP contribution in [0.15, 0.2) is 24.3 Å². The highest BCUT2D eigenvalue weighted by atomic mass is 16.4. The van der Waals surface area contributed by atoms with Gasteiger partial charge in [0, 0.05) is 24.9 Å². The van der Waals surface area contributed by atoms with E-state index in [9.17, 15) is 4.79 Å². The number of hydrogen-bond donors (Lipinski definition) is 1. The number of nitrogens with zero attached hydrogens (tertiary/aromatic N) is 1. The number of hydrogen-bond acceptors (Lipinski definition) is 2. The molecular formula is C16H21NO2. The van der Waals surface area contributed by atoms with Gasteiger partial charge in [0.25, 0.3) is 0 Å². The average molecular weight is 259 g/mol. The van der Waals surface area contributed by atoms with Gasteiger partial charge in [-0.3, -0.25) is 0 Å². The van der Waals surface area contributed by atoms with E-state index in [0.717, 1.165) is 25.1 Å². The lowest BCUT2D eigenvalue weighted by Gasteiger charge is -2.31. The van der Waals surface area contributed by atoms with E-state index in [1.165, 1.54) is 36.6 Å². The summed E-state index contributed by atoms with van der Waals surface area (Å²) >= 11 is 0. The lowest BCUT2D eigenvalue weighted by Crippen LogP contribution is -2.30. The summed E-state index contributed by atoms with van der Waals surface area (Å²) in [6.45, 7) is 4.47. The van der Waals surface area contributed by atoms with Gasteiger partial charge in [-0.25, -0.2) is 4.79 Å². The lowest BCUT2D eigenvalue weighted by molar-refractivity contribution is -0.131. The summed E-state index contributed by atoms with van der Waals surface area (Å²) in [6, 6.07) is 6.25. The predicted octanol–water partition coefficient (Wildman–Crippen LogP) is 3.34. The topological polar surface area (TPSA) is 40.5 Å². The van der Waals surface area contributed by atoms with Crippen LogP contribution in [0.5, 0.6) is 0 Å².